The van der Waals surface area contributed by atoms with Gasteiger partial charge in [0.1, 0.15) is 42.3 Å². The second-order valence-corrected chi connectivity index (χ2v) is 26.3. The molecule has 8 amide bonds. The van der Waals surface area contributed by atoms with Crippen LogP contribution in [-0.4, -0.2) is 249 Å². The first-order chi connectivity index (χ1) is 45.6. The van der Waals surface area contributed by atoms with Crippen LogP contribution in [-0.2, 0) is 67.2 Å². The van der Waals surface area contributed by atoms with Crippen LogP contribution in [0, 0.1) is 0 Å². The molecule has 0 radical (unpaired) electrons. The van der Waals surface area contributed by atoms with Gasteiger partial charge in [0, 0.05) is 87.1 Å². The van der Waals surface area contributed by atoms with Crippen LogP contribution in [0.5, 0.6) is 0 Å². The summed E-state index contributed by atoms with van der Waals surface area (Å²) in [4.78, 5) is 150. The zero-order chi connectivity index (χ0) is 68.6. The highest BCUT2D eigenvalue weighted by Crippen LogP contribution is 2.26. The van der Waals surface area contributed by atoms with Gasteiger partial charge in [-0.3, -0.25) is 62.6 Å². The molecule has 95 heavy (non-hydrogen) atoms. The summed E-state index contributed by atoms with van der Waals surface area (Å²) in [6, 6.07) is 17.0. The van der Waals surface area contributed by atoms with Crippen molar-refractivity contribution in [3.8, 4) is 0 Å². The van der Waals surface area contributed by atoms with Gasteiger partial charge in [-0.2, -0.15) is 0 Å². The van der Waals surface area contributed by atoms with Crippen molar-refractivity contribution in [3.05, 3.63) is 120 Å². The smallest absolute Gasteiger partial charge is 0.317 e. The van der Waals surface area contributed by atoms with Crippen molar-refractivity contribution < 1.29 is 73.5 Å². The van der Waals surface area contributed by atoms with Crippen LogP contribution >= 0.6 is 21.6 Å². The van der Waals surface area contributed by atoms with E-state index in [-0.39, 0.29) is 103 Å². The molecule has 30 heteroatoms. The summed E-state index contributed by atoms with van der Waals surface area (Å²) >= 11 is 0. The lowest BCUT2D eigenvalue weighted by Gasteiger charge is -2.29. The number of H-pyrrole nitrogens is 1. The number of aromatic amines is 1. The molecule has 7 rings (SSSR count). The van der Waals surface area contributed by atoms with Crippen LogP contribution in [0.3, 0.4) is 0 Å². The van der Waals surface area contributed by atoms with E-state index in [1.165, 1.54) is 13.8 Å². The van der Waals surface area contributed by atoms with Crippen molar-refractivity contribution in [2.75, 3.05) is 83.6 Å². The van der Waals surface area contributed by atoms with E-state index in [0.717, 1.165) is 37.9 Å². The summed E-state index contributed by atoms with van der Waals surface area (Å²) < 4.78 is 0. The van der Waals surface area contributed by atoms with E-state index < -0.39 is 126 Å². The lowest BCUT2D eigenvalue weighted by Crippen LogP contribution is -2.62. The molecule has 2 saturated heterocycles. The van der Waals surface area contributed by atoms with Crippen LogP contribution in [0.2, 0.25) is 0 Å². The molecule has 0 bridgehead atoms. The summed E-state index contributed by atoms with van der Waals surface area (Å²) in [5.74, 6) is -9.72. The quantitative estimate of drug-likeness (QED) is 0.0249. The van der Waals surface area contributed by atoms with E-state index in [2.05, 4.69) is 47.5 Å². The number of hydrogen-bond donors (Lipinski definition) is 15. The number of aliphatic hydroxyl groups is 3. The van der Waals surface area contributed by atoms with E-state index in [0.29, 0.717) is 34.9 Å². The molecule has 514 valence electrons. The molecule has 0 spiro atoms. The Morgan fingerprint density at radius 2 is 1.17 bits per heavy atom. The van der Waals surface area contributed by atoms with Gasteiger partial charge in [0.2, 0.25) is 47.3 Å². The molecule has 2 aliphatic heterocycles. The number of nitrogens with two attached hydrogens (primary N) is 1. The number of aliphatic hydroxyl groups excluding tert-OH is 3. The number of carboxylic acid groups (broad SMARTS) is 2. The highest BCUT2D eigenvalue weighted by atomic mass is 33.1. The Kier molecular flexibility index (Phi) is 29.0. The molecule has 0 unspecified atom stereocenters. The molecule has 2 aliphatic rings. The number of carboxylic acids is 2. The van der Waals surface area contributed by atoms with Gasteiger partial charge in [0.05, 0.1) is 44.5 Å². The average Bonchev–Trinajstić information content (AvgIpc) is 1.66. The first-order valence-electron chi connectivity index (χ1n) is 31.6. The second kappa shape index (κ2) is 37.2. The second-order valence-electron chi connectivity index (χ2n) is 23.8. The molecular formula is C65H87N13O15S2. The first kappa shape index (κ1) is 74.2. The van der Waals surface area contributed by atoms with Crippen molar-refractivity contribution >= 4 is 102 Å². The lowest BCUT2D eigenvalue weighted by molar-refractivity contribution is -0.140. The molecule has 5 aromatic rings. The Labute approximate surface area is 557 Å². The van der Waals surface area contributed by atoms with E-state index >= 15 is 19.2 Å². The Morgan fingerprint density at radius 1 is 0.611 bits per heavy atom. The fourth-order valence-corrected chi connectivity index (χ4v) is 13.5. The highest BCUT2D eigenvalue weighted by Gasteiger charge is 2.37. The normalized spacial score (nSPS) is 21.9. The van der Waals surface area contributed by atoms with E-state index in [9.17, 15) is 54.3 Å². The zero-order valence-corrected chi connectivity index (χ0v) is 54.7. The van der Waals surface area contributed by atoms with Gasteiger partial charge in [-0.05, 0) is 73.2 Å². The molecule has 0 aliphatic carbocycles. The summed E-state index contributed by atoms with van der Waals surface area (Å²) in [5, 5.41) is 75.0. The third-order valence-corrected chi connectivity index (χ3v) is 18.9. The molecule has 0 saturated carbocycles. The summed E-state index contributed by atoms with van der Waals surface area (Å²) in [6.45, 7) is 2.48. The number of unbranched alkanes of at least 4 members (excludes halogenated alkanes) is 1. The molecule has 4 aromatic carbocycles. The monoisotopic (exact) mass is 1350 g/mol. The SMILES string of the molecule is C[C@@H](O)[C@@H]1NC(=O)[C@H](CCCCN)NC(=O)[C@@H](Cc2c[nH]c3ccccc23)NC(=O)[C@H](Cc2cccc3ccccc23)NC(=O)[C@@H](NC(=O)[C@@H](Cc2ccccc2)NC(=O)CN2CCN(CC(=O)O)CCN(CC(=O)O)CC2)CSSC[C@@H](C(=O)N[C@H](CO)[C@@H](C)O)NC1=O. The molecule has 1 aromatic heterocycles. The number of amides is 8. The number of rotatable bonds is 24. The van der Waals surface area contributed by atoms with Gasteiger partial charge in [0.25, 0.3) is 0 Å². The molecule has 16 N–H and O–H groups in total. The summed E-state index contributed by atoms with van der Waals surface area (Å²) in [7, 11) is 1.90. The van der Waals surface area contributed by atoms with Gasteiger partial charge in [-0.1, -0.05) is 113 Å². The van der Waals surface area contributed by atoms with Crippen LogP contribution < -0.4 is 48.3 Å². The number of aromatic nitrogens is 1. The fraction of sp³-hybridized carbons (Fsp3) is 0.477. The standard InChI is InChI=1S/C65H87N13O15S2/c1-39(80)52(36-79)72-64(92)54-38-95-94-37-53(73-60(88)49(29-41-13-4-3-5-14-41)68-55(82)33-76-23-25-77(34-56(83)84)27-28-78(26-24-76)35-57(85)86)63(91)71-50(30-43-17-12-16-42-15-6-7-18-45(42)43)62(90)70-51(31-44-32-67-47-20-9-8-19-46(44)47)61(89)69-48(21-10-11-22-66)59(87)75-58(40(2)81)65(93)74-54/h3-9,12-20,32,39-40,48-54,58,67,79-81H,10-11,21-31,33-38,66H2,1-2H3,(H,68,82)(H,69,89)(H,70,90)(H,71,91)(H,72,92)(H,73,88)(H,74,93)(H,75,87)(H,83,84)(H,85,86)/t39-,40-,48+,49-,50+,51-,52-,53+,54+,58+/m1/s1. The minimum atomic E-state index is -1.74. The highest BCUT2D eigenvalue weighted by molar-refractivity contribution is 8.76. The zero-order valence-electron chi connectivity index (χ0n) is 53.1. The predicted octanol–water partition coefficient (Wildman–Crippen LogP) is -1.41. The van der Waals surface area contributed by atoms with Gasteiger partial charge >= 0.3 is 11.9 Å². The van der Waals surface area contributed by atoms with Crippen LogP contribution in [0.15, 0.2) is 103 Å². The maximum absolute atomic E-state index is 15.4. The minimum absolute atomic E-state index is 0.0251. The van der Waals surface area contributed by atoms with Crippen molar-refractivity contribution in [2.45, 2.75) is 113 Å². The van der Waals surface area contributed by atoms with Crippen LogP contribution in [0.25, 0.3) is 21.7 Å². The number of nitrogens with zero attached hydrogens (tertiary/aromatic N) is 3. The third kappa shape index (κ3) is 23.0. The number of nitrogens with one attached hydrogen (secondary N) is 9. The Hall–Kier alpha value is -8.20. The third-order valence-electron chi connectivity index (χ3n) is 16.5. The number of benzene rings is 4. The van der Waals surface area contributed by atoms with E-state index in [1.54, 1.807) is 69.4 Å². The van der Waals surface area contributed by atoms with E-state index in [4.69, 9.17) is 5.73 Å². The molecular weight excluding hydrogens is 1270 g/mol. The van der Waals surface area contributed by atoms with Gasteiger partial charge < -0.3 is 78.8 Å². The summed E-state index contributed by atoms with van der Waals surface area (Å²) in [6.07, 6.45) is -0.934. The Bertz CT molecular complexity index is 3400. The van der Waals surface area contributed by atoms with Gasteiger partial charge in [-0.15, -0.1) is 0 Å². The Morgan fingerprint density at radius 3 is 1.79 bits per heavy atom. The number of aliphatic carboxylic acids is 2. The number of hydrogen-bond acceptors (Lipinski definition) is 19. The number of para-hydroxylation sites is 1. The van der Waals surface area contributed by atoms with Crippen molar-refractivity contribution in [2.24, 2.45) is 5.73 Å². The predicted molar refractivity (Wildman–Crippen MR) is 358 cm³/mol. The first-order valence-corrected chi connectivity index (χ1v) is 34.1. The average molecular weight is 1350 g/mol. The van der Waals surface area contributed by atoms with Crippen molar-refractivity contribution in [1.29, 1.82) is 0 Å². The van der Waals surface area contributed by atoms with Crippen LogP contribution in [0.1, 0.15) is 49.8 Å². The molecule has 10 atom stereocenters. The minimum Gasteiger partial charge on any atom is -0.480 e. The number of carbonyl (C=O) groups excluding carboxylic acids is 8. The molecule has 3 heterocycles. The van der Waals surface area contributed by atoms with Crippen molar-refractivity contribution in [3.63, 3.8) is 0 Å². The van der Waals surface area contributed by atoms with Crippen molar-refractivity contribution in [1.82, 2.24) is 62.2 Å². The van der Waals surface area contributed by atoms with E-state index in [1.807, 2.05) is 48.5 Å². The van der Waals surface area contributed by atoms with Crippen LogP contribution in [0.4, 0.5) is 0 Å². The maximum Gasteiger partial charge on any atom is 0.317 e. The fourth-order valence-electron chi connectivity index (χ4n) is 11.1. The summed E-state index contributed by atoms with van der Waals surface area (Å²) in [5.41, 5.74) is 8.40. The number of fused-ring (bicyclic) bond motifs is 2. The molecule has 2 fully saturated rings. The maximum atomic E-state index is 15.4. The topological polar surface area (TPSA) is 420 Å². The lowest BCUT2D eigenvalue weighted by atomic mass is 9.97. The largest absolute Gasteiger partial charge is 0.480 e. The van der Waals surface area contributed by atoms with Gasteiger partial charge in [0.15, 0.2) is 0 Å². The van der Waals surface area contributed by atoms with Gasteiger partial charge in [-0.25, -0.2) is 0 Å². The number of carbonyl (C=O) groups is 10. The Balaban J connectivity index is 1.29. The molecule has 28 nitrogen and oxygen atoms in total.